The van der Waals surface area contributed by atoms with Crippen LogP contribution in [0.4, 0.5) is 15.9 Å². The highest BCUT2D eigenvalue weighted by atomic mass is 19.1. The minimum Gasteiger partial charge on any atom is -0.354 e. The van der Waals surface area contributed by atoms with Gasteiger partial charge in [-0.25, -0.2) is 4.39 Å². The second-order valence-electron chi connectivity index (χ2n) is 7.34. The molecule has 152 valence electrons. The molecule has 1 aliphatic rings. The van der Waals surface area contributed by atoms with Crippen LogP contribution in [0.1, 0.15) is 18.3 Å². The summed E-state index contributed by atoms with van der Waals surface area (Å²) in [5.74, 6) is 0.370. The molecule has 0 bridgehead atoms. The van der Waals surface area contributed by atoms with Gasteiger partial charge in [-0.2, -0.15) is 0 Å². The lowest BCUT2D eigenvalue weighted by Gasteiger charge is -2.34. The van der Waals surface area contributed by atoms with Gasteiger partial charge in [-0.3, -0.25) is 14.7 Å². The number of aromatic nitrogens is 2. The molecule has 1 fully saturated rings. The van der Waals surface area contributed by atoms with Crippen LogP contribution in [0.5, 0.6) is 0 Å². The molecule has 1 aromatic carbocycles. The summed E-state index contributed by atoms with van der Waals surface area (Å²) >= 11 is 0. The fourth-order valence-corrected chi connectivity index (χ4v) is 3.66. The quantitative estimate of drug-likeness (QED) is 0.713. The van der Waals surface area contributed by atoms with E-state index in [2.05, 4.69) is 25.3 Å². The van der Waals surface area contributed by atoms with Crippen LogP contribution >= 0.6 is 0 Å². The molecule has 3 aromatic rings. The second kappa shape index (κ2) is 8.16. The Morgan fingerprint density at radius 2 is 2.00 bits per heavy atom. The summed E-state index contributed by atoms with van der Waals surface area (Å²) < 4.78 is 18.6. The lowest BCUT2D eigenvalue weighted by molar-refractivity contribution is -0.114. The Morgan fingerprint density at radius 1 is 1.21 bits per heavy atom. The Bertz CT molecular complexity index is 1030. The number of rotatable bonds is 5. The van der Waals surface area contributed by atoms with Gasteiger partial charge in [0.1, 0.15) is 5.82 Å². The predicted molar refractivity (Wildman–Crippen MR) is 110 cm³/mol. The molecule has 3 heterocycles. The summed E-state index contributed by atoms with van der Waals surface area (Å²) in [7, 11) is 0. The molecule has 8 heteroatoms. The molecule has 1 aliphatic heterocycles. The first-order valence-electron chi connectivity index (χ1n) is 9.76. The largest absolute Gasteiger partial charge is 0.354 e. The molecule has 29 heavy (non-hydrogen) atoms. The van der Waals surface area contributed by atoms with E-state index in [0.717, 1.165) is 67.4 Å². The van der Waals surface area contributed by atoms with Crippen LogP contribution in [0.25, 0.3) is 11.0 Å². The minimum absolute atomic E-state index is 0.0921. The van der Waals surface area contributed by atoms with Gasteiger partial charge in [-0.15, -0.1) is 0 Å². The highest BCUT2D eigenvalue weighted by Gasteiger charge is 2.21. The molecule has 7 nitrogen and oxygen atoms in total. The first-order valence-corrected chi connectivity index (χ1v) is 9.76. The third-order valence-electron chi connectivity index (χ3n) is 5.23. The summed E-state index contributed by atoms with van der Waals surface area (Å²) in [5, 5.41) is 7.78. The van der Waals surface area contributed by atoms with Crippen molar-refractivity contribution in [1.82, 2.24) is 15.0 Å². The average molecular weight is 397 g/mol. The van der Waals surface area contributed by atoms with Gasteiger partial charge in [-0.1, -0.05) is 5.16 Å². The molecule has 0 saturated carbocycles. The van der Waals surface area contributed by atoms with Crippen molar-refractivity contribution in [3.8, 4) is 0 Å². The van der Waals surface area contributed by atoms with E-state index in [1.54, 1.807) is 6.07 Å². The number of piperazine rings is 1. The first kappa shape index (κ1) is 19.3. The number of pyridine rings is 1. The highest BCUT2D eigenvalue weighted by molar-refractivity contribution is 5.89. The molecule has 0 atom stereocenters. The van der Waals surface area contributed by atoms with E-state index in [9.17, 15) is 9.18 Å². The van der Waals surface area contributed by atoms with Crippen molar-refractivity contribution in [1.29, 1.82) is 0 Å². The average Bonchev–Trinajstić information content (AvgIpc) is 3.11. The van der Waals surface area contributed by atoms with Gasteiger partial charge in [0.2, 0.25) is 5.91 Å². The van der Waals surface area contributed by atoms with E-state index in [1.165, 1.54) is 19.1 Å². The predicted octanol–water partition coefficient (Wildman–Crippen LogP) is 2.99. The third-order valence-corrected chi connectivity index (χ3v) is 5.23. The van der Waals surface area contributed by atoms with Crippen molar-refractivity contribution in [3.05, 3.63) is 47.5 Å². The number of fused-ring (bicyclic) bond motifs is 1. The summed E-state index contributed by atoms with van der Waals surface area (Å²) in [4.78, 5) is 20.4. The van der Waals surface area contributed by atoms with Crippen LogP contribution in [-0.2, 0) is 11.2 Å². The number of nitrogens with zero attached hydrogens (tertiary/aromatic N) is 4. The molecule has 0 unspecified atom stereocenters. The Hall–Kier alpha value is -3.00. The van der Waals surface area contributed by atoms with Crippen LogP contribution in [0.2, 0.25) is 0 Å². The van der Waals surface area contributed by atoms with Gasteiger partial charge >= 0.3 is 0 Å². The third kappa shape index (κ3) is 4.37. The maximum absolute atomic E-state index is 13.3. The molecule has 1 N–H and O–H groups in total. The molecule has 1 saturated heterocycles. The van der Waals surface area contributed by atoms with E-state index in [0.29, 0.717) is 5.58 Å². The van der Waals surface area contributed by atoms with E-state index >= 15 is 0 Å². The van der Waals surface area contributed by atoms with Gasteiger partial charge in [0.15, 0.2) is 11.4 Å². The van der Waals surface area contributed by atoms with Gasteiger partial charge < -0.3 is 14.7 Å². The molecular weight excluding hydrogens is 373 g/mol. The SMILES string of the molecule is CC(=O)Nc1ccc(CCN2CCN(c3noc4cc(F)ccc34)CC2)nc1C. The Balaban J connectivity index is 1.32. The van der Waals surface area contributed by atoms with E-state index in [4.69, 9.17) is 4.52 Å². The summed E-state index contributed by atoms with van der Waals surface area (Å²) in [5.41, 5.74) is 3.08. The van der Waals surface area contributed by atoms with Crippen LogP contribution < -0.4 is 10.2 Å². The number of hydrogen-bond donors (Lipinski definition) is 1. The zero-order chi connectivity index (χ0) is 20.4. The maximum atomic E-state index is 13.3. The number of aryl methyl sites for hydroxylation is 1. The molecule has 0 radical (unpaired) electrons. The molecule has 4 rings (SSSR count). The van der Waals surface area contributed by atoms with Crippen molar-refractivity contribution in [2.24, 2.45) is 0 Å². The van der Waals surface area contributed by atoms with Crippen LogP contribution in [0.15, 0.2) is 34.9 Å². The topological polar surface area (TPSA) is 74.5 Å². The zero-order valence-corrected chi connectivity index (χ0v) is 16.6. The summed E-state index contributed by atoms with van der Waals surface area (Å²) in [6.45, 7) is 7.83. The fraction of sp³-hybridized carbons (Fsp3) is 0.381. The molecular formula is C21H24FN5O2. The fourth-order valence-electron chi connectivity index (χ4n) is 3.66. The Kier molecular flexibility index (Phi) is 5.44. The van der Waals surface area contributed by atoms with Crippen LogP contribution in [0.3, 0.4) is 0 Å². The normalized spacial score (nSPS) is 15.1. The summed E-state index contributed by atoms with van der Waals surface area (Å²) in [6, 6.07) is 8.41. The number of carbonyl (C=O) groups excluding carboxylic acids is 1. The van der Waals surface area contributed by atoms with Crippen molar-refractivity contribution in [2.45, 2.75) is 20.3 Å². The van der Waals surface area contributed by atoms with Gasteiger partial charge in [-0.05, 0) is 31.2 Å². The smallest absolute Gasteiger partial charge is 0.221 e. The van der Waals surface area contributed by atoms with E-state index in [1.807, 2.05) is 19.1 Å². The number of anilines is 2. The number of nitrogens with one attached hydrogen (secondary N) is 1. The van der Waals surface area contributed by atoms with Crippen LogP contribution in [-0.4, -0.2) is 53.7 Å². The molecule has 2 aromatic heterocycles. The molecule has 0 aliphatic carbocycles. The number of benzene rings is 1. The van der Waals surface area contributed by atoms with Crippen molar-refractivity contribution in [2.75, 3.05) is 42.9 Å². The van der Waals surface area contributed by atoms with Gasteiger partial charge in [0.05, 0.1) is 16.8 Å². The molecule has 1 amide bonds. The standard InChI is InChI=1S/C21H24FN5O2/c1-14-19(24-15(2)28)6-4-17(23-14)7-8-26-9-11-27(12-10-26)21-18-5-3-16(22)13-20(18)29-25-21/h3-6,13H,7-12H2,1-2H3,(H,24,28). The van der Waals surface area contributed by atoms with Crippen molar-refractivity contribution >= 4 is 28.4 Å². The number of amides is 1. The second-order valence-corrected chi connectivity index (χ2v) is 7.34. The van der Waals surface area contributed by atoms with Gasteiger partial charge in [0, 0.05) is 57.8 Å². The van der Waals surface area contributed by atoms with E-state index < -0.39 is 0 Å². The Morgan fingerprint density at radius 3 is 2.72 bits per heavy atom. The number of halogens is 1. The number of hydrogen-bond acceptors (Lipinski definition) is 6. The van der Waals surface area contributed by atoms with Crippen molar-refractivity contribution < 1.29 is 13.7 Å². The number of carbonyl (C=O) groups is 1. The van der Waals surface area contributed by atoms with Gasteiger partial charge in [0.25, 0.3) is 0 Å². The lowest BCUT2D eigenvalue weighted by atomic mass is 10.2. The minimum atomic E-state index is -0.320. The van der Waals surface area contributed by atoms with Crippen LogP contribution in [0, 0.1) is 12.7 Å². The monoisotopic (exact) mass is 397 g/mol. The molecule has 0 spiro atoms. The lowest BCUT2D eigenvalue weighted by Crippen LogP contribution is -2.47. The first-order chi connectivity index (χ1) is 14.0. The highest BCUT2D eigenvalue weighted by Crippen LogP contribution is 2.27. The zero-order valence-electron chi connectivity index (χ0n) is 16.6. The van der Waals surface area contributed by atoms with Crippen molar-refractivity contribution in [3.63, 3.8) is 0 Å². The Labute approximate surface area is 168 Å². The van der Waals surface area contributed by atoms with E-state index in [-0.39, 0.29) is 11.7 Å². The summed E-state index contributed by atoms with van der Waals surface area (Å²) in [6.07, 6.45) is 0.855. The maximum Gasteiger partial charge on any atom is 0.221 e.